The minimum Gasteiger partial charge on any atom is -0.543 e. The van der Waals surface area contributed by atoms with Gasteiger partial charge in [-0.15, -0.1) is 23.1 Å². The second-order valence-electron chi connectivity index (χ2n) is 11.0. The number of aromatic hydroxyl groups is 2. The van der Waals surface area contributed by atoms with Crippen molar-refractivity contribution in [3.05, 3.63) is 58.3 Å². The van der Waals surface area contributed by atoms with Crippen LogP contribution in [-0.2, 0) is 24.0 Å². The molecule has 6 N–H and O–H groups in total. The van der Waals surface area contributed by atoms with Crippen molar-refractivity contribution < 1.29 is 48.9 Å². The molecule has 15 nitrogen and oxygen atoms in total. The molecule has 3 unspecified atom stereocenters. The van der Waals surface area contributed by atoms with Gasteiger partial charge in [0.25, 0.3) is 11.8 Å². The van der Waals surface area contributed by atoms with Crippen molar-refractivity contribution in [2.45, 2.75) is 30.4 Å². The second kappa shape index (κ2) is 12.8. The number of thiazole rings is 1. The van der Waals surface area contributed by atoms with Crippen LogP contribution < -0.4 is 16.2 Å². The van der Waals surface area contributed by atoms with Crippen molar-refractivity contribution in [3.63, 3.8) is 0 Å². The first-order valence-electron chi connectivity index (χ1n) is 13.8. The molecule has 1 aromatic carbocycles. The molecule has 238 valence electrons. The van der Waals surface area contributed by atoms with E-state index in [1.54, 1.807) is 6.08 Å². The molecule has 3 aliphatic rings. The molecule has 2 amide bonds. The molecule has 0 aliphatic carbocycles. The monoisotopic (exact) mass is 658 g/mol. The fraction of sp³-hybridized carbons (Fsp3) is 0.357. The molecule has 0 bridgehead atoms. The van der Waals surface area contributed by atoms with Crippen LogP contribution in [0.25, 0.3) is 0 Å². The number of fused-ring (bicyclic) bond motifs is 1. The number of hydrogen-bond donors (Lipinski definition) is 5. The molecule has 2 fully saturated rings. The number of likely N-dealkylation sites (tertiary alicyclic amines) is 1. The highest BCUT2D eigenvalue weighted by atomic mass is 32.2. The van der Waals surface area contributed by atoms with Crippen LogP contribution in [0.15, 0.2) is 52.2 Å². The standard InChI is InChI=1S/C28H30N6O9S2/c1-34(8-2-3-9-34)10-4-5-15-12-44-25-20(24(38)33(25)21(15)26(39)40)31-23(37)19(16-13-45-28(29)30-16)32-43-22(27(41)42)14-6-7-17(35)18(36)11-14/h4-7,11,13,20,22,25H,2-3,8-10,12H2,1H3,(H6-,29,30,31,32,35,36,37,39,40,41,42)/b5-4+. The van der Waals surface area contributed by atoms with E-state index < -0.39 is 58.5 Å². The molecule has 3 atom stereocenters. The predicted octanol–water partition coefficient (Wildman–Crippen LogP) is -0.116. The lowest BCUT2D eigenvalue weighted by Crippen LogP contribution is -2.71. The number of nitrogens with zero attached hydrogens (tertiary/aromatic N) is 4. The van der Waals surface area contributed by atoms with Gasteiger partial charge >= 0.3 is 5.97 Å². The van der Waals surface area contributed by atoms with E-state index in [4.69, 9.17) is 10.6 Å². The number of amides is 2. The van der Waals surface area contributed by atoms with Crippen molar-refractivity contribution in [1.82, 2.24) is 15.2 Å². The van der Waals surface area contributed by atoms with Crippen LogP contribution in [0.5, 0.6) is 11.5 Å². The van der Waals surface area contributed by atoms with E-state index >= 15 is 0 Å². The Balaban J connectivity index is 1.34. The lowest BCUT2D eigenvalue weighted by Gasteiger charge is -2.50. The molecule has 4 heterocycles. The Morgan fingerprint density at radius 3 is 2.64 bits per heavy atom. The van der Waals surface area contributed by atoms with Gasteiger partial charge in [-0.2, -0.15) is 0 Å². The van der Waals surface area contributed by atoms with Crippen LogP contribution in [0.3, 0.4) is 0 Å². The maximum Gasteiger partial charge on any atom is 0.352 e. The number of thioether (sulfide) groups is 1. The Bertz CT molecular complexity index is 1630. The number of quaternary nitrogens is 1. The zero-order valence-electron chi connectivity index (χ0n) is 23.9. The summed E-state index contributed by atoms with van der Waals surface area (Å²) >= 11 is 2.24. The maximum atomic E-state index is 13.4. The average molecular weight is 659 g/mol. The molecule has 3 aliphatic heterocycles. The first-order valence-corrected chi connectivity index (χ1v) is 15.7. The summed E-state index contributed by atoms with van der Waals surface area (Å²) in [5, 5.41) is 48.1. The van der Waals surface area contributed by atoms with E-state index in [9.17, 15) is 39.6 Å². The first-order chi connectivity index (χ1) is 21.4. The van der Waals surface area contributed by atoms with E-state index in [0.29, 0.717) is 5.57 Å². The number of aromatic nitrogens is 1. The van der Waals surface area contributed by atoms with E-state index in [1.807, 2.05) is 6.08 Å². The Labute approximate surface area is 264 Å². The average Bonchev–Trinajstić information content (AvgIpc) is 3.62. The highest BCUT2D eigenvalue weighted by molar-refractivity contribution is 8.00. The molecule has 1 aromatic heterocycles. The number of nitrogens with one attached hydrogen (secondary N) is 1. The number of likely N-dealkylation sites (N-methyl/N-ethyl adjacent to an activating group) is 1. The summed E-state index contributed by atoms with van der Waals surface area (Å²) in [5.41, 5.74) is 5.26. The number of aliphatic carboxylic acids is 2. The molecule has 5 rings (SSSR count). The van der Waals surface area contributed by atoms with Gasteiger partial charge in [-0.1, -0.05) is 17.3 Å². The molecule has 17 heteroatoms. The van der Waals surface area contributed by atoms with Gasteiger partial charge in [0.15, 0.2) is 22.3 Å². The number of carboxylic acid groups (broad SMARTS) is 2. The van der Waals surface area contributed by atoms with Gasteiger partial charge < -0.3 is 45.6 Å². The van der Waals surface area contributed by atoms with Crippen LogP contribution in [0.4, 0.5) is 5.13 Å². The van der Waals surface area contributed by atoms with Gasteiger partial charge in [-0.05, 0) is 23.8 Å². The Morgan fingerprint density at radius 2 is 2.02 bits per heavy atom. The number of phenolic OH excluding ortho intramolecular Hbond substituents is 2. The molecule has 2 saturated heterocycles. The summed E-state index contributed by atoms with van der Waals surface area (Å²) in [7, 11) is 2.14. The zero-order valence-corrected chi connectivity index (χ0v) is 25.5. The van der Waals surface area contributed by atoms with Gasteiger partial charge in [-0.3, -0.25) is 14.5 Å². The summed E-state index contributed by atoms with van der Waals surface area (Å²) in [6.07, 6.45) is 4.11. The highest BCUT2D eigenvalue weighted by Gasteiger charge is 2.53. The third-order valence-corrected chi connectivity index (χ3v) is 9.72. The fourth-order valence-corrected chi connectivity index (χ4v) is 7.23. The maximum absolute atomic E-state index is 13.4. The fourth-order valence-electron chi connectivity index (χ4n) is 5.36. The number of allylic oxidation sites excluding steroid dienone is 1. The molecular weight excluding hydrogens is 628 g/mol. The number of rotatable bonds is 11. The number of carboxylic acids is 2. The third-order valence-electron chi connectivity index (χ3n) is 7.74. The minimum atomic E-state index is -1.80. The summed E-state index contributed by atoms with van der Waals surface area (Å²) in [6, 6.07) is 2.07. The van der Waals surface area contributed by atoms with Gasteiger partial charge in [0.1, 0.15) is 17.1 Å². The van der Waals surface area contributed by atoms with E-state index in [2.05, 4.69) is 22.5 Å². The predicted molar refractivity (Wildman–Crippen MR) is 161 cm³/mol. The van der Waals surface area contributed by atoms with Crippen LogP contribution in [-0.4, -0.2) is 103 Å². The van der Waals surface area contributed by atoms with Gasteiger partial charge in [-0.25, -0.2) is 9.78 Å². The minimum absolute atomic E-state index is 0.0651. The van der Waals surface area contributed by atoms with Crippen molar-refractivity contribution in [3.8, 4) is 11.5 Å². The molecule has 0 saturated carbocycles. The quantitative estimate of drug-likeness (QED) is 0.0700. The molecule has 0 radical (unpaired) electrons. The van der Waals surface area contributed by atoms with E-state index in [0.717, 1.165) is 65.3 Å². The number of carbonyl (C=O) groups excluding carboxylic acids is 3. The Hall–Kier alpha value is -4.61. The van der Waals surface area contributed by atoms with Crippen molar-refractivity contribution in [1.29, 1.82) is 0 Å². The number of nitrogen functional groups attached to an aromatic ring is 1. The van der Waals surface area contributed by atoms with Crippen LogP contribution in [0.2, 0.25) is 0 Å². The summed E-state index contributed by atoms with van der Waals surface area (Å²) in [6.45, 7) is 2.81. The molecule has 45 heavy (non-hydrogen) atoms. The topological polar surface area (TPSA) is 228 Å². The number of nitrogens with two attached hydrogens (primary N) is 1. The number of β-lactam (4-membered cyclic amide) rings is 1. The number of oxime groups is 1. The van der Waals surface area contributed by atoms with Crippen LogP contribution in [0, 0.1) is 0 Å². The zero-order chi connectivity index (χ0) is 32.5. The lowest BCUT2D eigenvalue weighted by molar-refractivity contribution is -0.891. The van der Waals surface area contributed by atoms with Crippen molar-refractivity contribution in [2.75, 3.05) is 38.2 Å². The van der Waals surface area contributed by atoms with Gasteiger partial charge in [0.05, 0.1) is 38.3 Å². The van der Waals surface area contributed by atoms with Crippen LogP contribution in [0.1, 0.15) is 30.2 Å². The summed E-state index contributed by atoms with van der Waals surface area (Å²) in [4.78, 5) is 61.0. The molecular formula is C28H30N6O9S2. The largest absolute Gasteiger partial charge is 0.543 e. The van der Waals surface area contributed by atoms with Crippen molar-refractivity contribution >= 4 is 57.7 Å². The normalized spacial score (nSPS) is 21.8. The van der Waals surface area contributed by atoms with Gasteiger partial charge in [0.2, 0.25) is 6.10 Å². The second-order valence-corrected chi connectivity index (χ2v) is 13.0. The van der Waals surface area contributed by atoms with E-state index in [1.165, 1.54) is 23.2 Å². The Morgan fingerprint density at radius 1 is 1.29 bits per heavy atom. The summed E-state index contributed by atoms with van der Waals surface area (Å²) < 4.78 is 0.861. The van der Waals surface area contributed by atoms with E-state index in [-0.39, 0.29) is 27.8 Å². The lowest BCUT2D eigenvalue weighted by atomic mass is 10.0. The van der Waals surface area contributed by atoms with Crippen LogP contribution >= 0.6 is 23.1 Å². The highest BCUT2D eigenvalue weighted by Crippen LogP contribution is 2.40. The smallest absolute Gasteiger partial charge is 0.352 e. The number of hydrogen-bond acceptors (Lipinski definition) is 13. The van der Waals surface area contributed by atoms with Crippen molar-refractivity contribution in [2.24, 2.45) is 5.16 Å². The first kappa shape index (κ1) is 31.8. The number of anilines is 1. The number of benzene rings is 1. The Kier molecular flexibility index (Phi) is 9.03. The van der Waals surface area contributed by atoms with Gasteiger partial charge in [0, 0.05) is 29.5 Å². The molecule has 2 aromatic rings. The number of carbonyl (C=O) groups is 4. The number of phenols is 2. The summed E-state index contributed by atoms with van der Waals surface area (Å²) in [5.74, 6) is -5.48. The SMILES string of the molecule is C[N+]1(C/C=C/C2=C(C(=O)[O-])N3C(=O)C(NC(=O)C(=NOC(C(=O)O)c4ccc(O)c(O)c4)c4csc(N)n4)C3SC2)CCCC1. The third kappa shape index (κ3) is 6.59. The molecule has 0 spiro atoms.